The second kappa shape index (κ2) is 10.7. The number of nitrogens with one attached hydrogen (secondary N) is 2. The molecule has 1 amide bonds. The minimum absolute atomic E-state index is 0.0173. The lowest BCUT2D eigenvalue weighted by Gasteiger charge is -2.27. The first-order valence-corrected chi connectivity index (χ1v) is 13.9. The molecule has 0 radical (unpaired) electrons. The van der Waals surface area contributed by atoms with Crippen LogP contribution in [0.15, 0.2) is 71.6 Å². The molecule has 1 heterocycles. The smallest absolute Gasteiger partial charge is 0.341 e. The van der Waals surface area contributed by atoms with Crippen LogP contribution < -0.4 is 19.5 Å². The van der Waals surface area contributed by atoms with Crippen LogP contribution in [0.1, 0.15) is 47.3 Å². The van der Waals surface area contributed by atoms with E-state index in [2.05, 4.69) is 16.1 Å². The molecule has 5 rings (SSSR count). The van der Waals surface area contributed by atoms with E-state index in [1.165, 1.54) is 42.8 Å². The van der Waals surface area contributed by atoms with E-state index in [1.54, 1.807) is 12.1 Å². The summed E-state index contributed by atoms with van der Waals surface area (Å²) in [5.41, 5.74) is 2.29. The van der Waals surface area contributed by atoms with Crippen LogP contribution in [0.25, 0.3) is 0 Å². The van der Waals surface area contributed by atoms with Crippen molar-refractivity contribution in [3.8, 4) is 11.5 Å². The fraction of sp³-hybridized carbons (Fsp3) is 0.286. The first-order valence-electron chi connectivity index (χ1n) is 12.4. The second-order valence-electron chi connectivity index (χ2n) is 9.16. The van der Waals surface area contributed by atoms with Gasteiger partial charge >= 0.3 is 5.97 Å². The van der Waals surface area contributed by atoms with E-state index in [4.69, 9.17) is 14.2 Å². The summed E-state index contributed by atoms with van der Waals surface area (Å²) < 4.78 is 45.0. The van der Waals surface area contributed by atoms with E-state index in [9.17, 15) is 18.0 Å². The number of aryl methyl sites for hydroxylation is 1. The molecule has 0 saturated carbocycles. The summed E-state index contributed by atoms with van der Waals surface area (Å²) in [6.07, 6.45) is 1.63. The van der Waals surface area contributed by atoms with Crippen LogP contribution in [-0.2, 0) is 26.0 Å². The molecule has 0 saturated heterocycles. The van der Waals surface area contributed by atoms with Crippen molar-refractivity contribution in [2.45, 2.75) is 43.2 Å². The molecule has 2 N–H and O–H groups in total. The Morgan fingerprint density at radius 1 is 0.974 bits per heavy atom. The average Bonchev–Trinajstić information content (AvgIpc) is 2.93. The molecule has 1 aliphatic heterocycles. The number of anilines is 1. The van der Waals surface area contributed by atoms with Crippen LogP contribution in [0.2, 0.25) is 0 Å². The van der Waals surface area contributed by atoms with Gasteiger partial charge in [0.05, 0.1) is 22.2 Å². The number of carbonyl (C=O) groups is 2. The maximum absolute atomic E-state index is 13.1. The van der Waals surface area contributed by atoms with Crippen LogP contribution in [-0.4, -0.2) is 39.6 Å². The highest BCUT2D eigenvalue weighted by Gasteiger charge is 2.27. The largest absolute Gasteiger partial charge is 0.486 e. The van der Waals surface area contributed by atoms with Gasteiger partial charge in [0.15, 0.2) is 17.6 Å². The van der Waals surface area contributed by atoms with Gasteiger partial charge in [0, 0.05) is 6.07 Å². The lowest BCUT2D eigenvalue weighted by Crippen LogP contribution is -2.39. The predicted molar refractivity (Wildman–Crippen MR) is 140 cm³/mol. The summed E-state index contributed by atoms with van der Waals surface area (Å²) in [7, 11) is -4.07. The molecule has 2 aliphatic rings. The van der Waals surface area contributed by atoms with Gasteiger partial charge in [0.2, 0.25) is 0 Å². The number of amides is 1. The van der Waals surface area contributed by atoms with Gasteiger partial charge in [-0.15, -0.1) is 0 Å². The number of carbonyl (C=O) groups excluding carboxylic acids is 2. The van der Waals surface area contributed by atoms with Crippen molar-refractivity contribution in [2.24, 2.45) is 0 Å². The molecule has 9 nitrogen and oxygen atoms in total. The maximum Gasteiger partial charge on any atom is 0.341 e. The van der Waals surface area contributed by atoms with E-state index in [-0.39, 0.29) is 22.2 Å². The van der Waals surface area contributed by atoms with Gasteiger partial charge in [0.1, 0.15) is 13.2 Å². The lowest BCUT2D eigenvalue weighted by atomic mass is 9.87. The molecule has 0 spiro atoms. The summed E-state index contributed by atoms with van der Waals surface area (Å²) in [5.74, 6) is -0.457. The Labute approximate surface area is 221 Å². The molecular formula is C28H28N2O7S. The number of fused-ring (bicyclic) bond motifs is 2. The van der Waals surface area contributed by atoms with Crippen LogP contribution in [0.3, 0.4) is 0 Å². The highest BCUT2D eigenvalue weighted by Crippen LogP contribution is 2.33. The molecular weight excluding hydrogens is 508 g/mol. The average molecular weight is 537 g/mol. The Hall–Kier alpha value is -4.05. The molecule has 10 heteroatoms. The van der Waals surface area contributed by atoms with Crippen LogP contribution in [0, 0.1) is 0 Å². The Morgan fingerprint density at radius 3 is 2.55 bits per heavy atom. The molecule has 0 aromatic heterocycles. The van der Waals surface area contributed by atoms with E-state index >= 15 is 0 Å². The Morgan fingerprint density at radius 2 is 1.71 bits per heavy atom. The number of hydrogen-bond acceptors (Lipinski definition) is 7. The van der Waals surface area contributed by atoms with Gasteiger partial charge in [-0.3, -0.25) is 9.52 Å². The van der Waals surface area contributed by atoms with Crippen LogP contribution in [0.4, 0.5) is 5.69 Å². The quantitative estimate of drug-likeness (QED) is 0.438. The monoisotopic (exact) mass is 536 g/mol. The number of sulfonamides is 1. The van der Waals surface area contributed by atoms with Crippen molar-refractivity contribution in [3.05, 3.63) is 83.4 Å². The zero-order valence-corrected chi connectivity index (χ0v) is 21.6. The maximum atomic E-state index is 13.1. The van der Waals surface area contributed by atoms with Gasteiger partial charge in [-0.25, -0.2) is 13.2 Å². The summed E-state index contributed by atoms with van der Waals surface area (Å²) in [6, 6.07) is 18.2. The number of benzene rings is 3. The minimum Gasteiger partial charge on any atom is -0.486 e. The molecule has 1 aliphatic carbocycles. The standard InChI is InChI=1S/C28H28N2O7S/c1-18(27(31)29-23-12-6-8-19-7-2-3-9-21(19)23)37-28(32)22-10-4-5-11-24(22)30-38(33,34)20-13-14-25-26(17-20)36-16-15-35-25/h2-5,7,9-11,13-14,17-18,23,30H,6,8,12,15-16H2,1H3,(H,29,31)/t18-,23+/m1/s1. The van der Waals surface area contributed by atoms with Crippen molar-refractivity contribution >= 4 is 27.6 Å². The minimum atomic E-state index is -4.07. The summed E-state index contributed by atoms with van der Waals surface area (Å²) in [4.78, 5) is 25.8. The first-order chi connectivity index (χ1) is 18.3. The van der Waals surface area contributed by atoms with E-state index < -0.39 is 28.0 Å². The van der Waals surface area contributed by atoms with Crippen LogP contribution >= 0.6 is 0 Å². The molecule has 2 atom stereocenters. The molecule has 3 aromatic carbocycles. The third-order valence-corrected chi connectivity index (χ3v) is 7.92. The fourth-order valence-corrected chi connectivity index (χ4v) is 5.71. The van der Waals surface area contributed by atoms with Gasteiger partial charge < -0.3 is 19.5 Å². The molecule has 3 aromatic rings. The van der Waals surface area contributed by atoms with Crippen molar-refractivity contribution in [1.82, 2.24) is 5.32 Å². The zero-order chi connectivity index (χ0) is 26.7. The van der Waals surface area contributed by atoms with E-state index in [0.717, 1.165) is 24.8 Å². The number of ether oxygens (including phenoxy) is 3. The first kappa shape index (κ1) is 25.6. The van der Waals surface area contributed by atoms with E-state index in [0.29, 0.717) is 24.7 Å². The van der Waals surface area contributed by atoms with Gasteiger partial charge in [-0.2, -0.15) is 0 Å². The normalized spacial score (nSPS) is 17.0. The highest BCUT2D eigenvalue weighted by molar-refractivity contribution is 7.92. The Bertz CT molecular complexity index is 1470. The summed E-state index contributed by atoms with van der Waals surface area (Å²) in [6.45, 7) is 2.19. The second-order valence-corrected chi connectivity index (χ2v) is 10.8. The summed E-state index contributed by atoms with van der Waals surface area (Å²) >= 11 is 0. The lowest BCUT2D eigenvalue weighted by molar-refractivity contribution is -0.130. The Balaban J connectivity index is 1.27. The molecule has 198 valence electrons. The number of rotatable bonds is 7. The number of esters is 1. The molecule has 0 unspecified atom stereocenters. The third-order valence-electron chi connectivity index (χ3n) is 6.55. The molecule has 0 fully saturated rings. The fourth-order valence-electron chi connectivity index (χ4n) is 4.62. The van der Waals surface area contributed by atoms with E-state index in [1.807, 2.05) is 18.2 Å². The van der Waals surface area contributed by atoms with Crippen molar-refractivity contribution in [1.29, 1.82) is 0 Å². The zero-order valence-electron chi connectivity index (χ0n) is 20.8. The van der Waals surface area contributed by atoms with Gasteiger partial charge in [-0.05, 0) is 61.6 Å². The SMILES string of the molecule is C[C@@H](OC(=O)c1ccccc1NS(=O)(=O)c1ccc2c(c1)OCCO2)C(=O)N[C@H]1CCCc2ccccc21. The van der Waals surface area contributed by atoms with Crippen molar-refractivity contribution in [2.75, 3.05) is 17.9 Å². The van der Waals surface area contributed by atoms with Crippen LogP contribution in [0.5, 0.6) is 11.5 Å². The number of para-hydroxylation sites is 1. The van der Waals surface area contributed by atoms with Crippen molar-refractivity contribution < 1.29 is 32.2 Å². The topological polar surface area (TPSA) is 120 Å². The van der Waals surface area contributed by atoms with Gasteiger partial charge in [0.25, 0.3) is 15.9 Å². The molecule has 0 bridgehead atoms. The summed E-state index contributed by atoms with van der Waals surface area (Å²) in [5, 5.41) is 2.98. The highest BCUT2D eigenvalue weighted by atomic mass is 32.2. The Kier molecular flexibility index (Phi) is 7.24. The third kappa shape index (κ3) is 5.45. The van der Waals surface area contributed by atoms with Crippen molar-refractivity contribution in [3.63, 3.8) is 0 Å². The predicted octanol–water partition coefficient (Wildman–Crippen LogP) is 4.00. The molecule has 38 heavy (non-hydrogen) atoms. The number of hydrogen-bond donors (Lipinski definition) is 2. The van der Waals surface area contributed by atoms with Gasteiger partial charge in [-0.1, -0.05) is 36.4 Å².